The number of benzene rings is 1. The first kappa shape index (κ1) is 15.8. The van der Waals surface area contributed by atoms with E-state index in [2.05, 4.69) is 15.3 Å². The van der Waals surface area contributed by atoms with Crippen LogP contribution in [0.2, 0.25) is 0 Å². The van der Waals surface area contributed by atoms with E-state index in [9.17, 15) is 4.79 Å². The average Bonchev–Trinajstić information content (AvgIpc) is 3.30. The Bertz CT molecular complexity index is 1080. The topological polar surface area (TPSA) is 81.2 Å². The van der Waals surface area contributed by atoms with Gasteiger partial charge in [0, 0.05) is 11.6 Å². The standard InChI is InChI=1S/C20H15N3O3/c1-13-16(22-18(24)10-9-15-8-5-11-25-15)12-17-20(21-13)26-19(23-17)14-6-3-2-4-7-14/h2-12H,1H3,(H,22,24)/b10-9+. The van der Waals surface area contributed by atoms with Crippen LogP contribution in [-0.4, -0.2) is 15.9 Å². The monoisotopic (exact) mass is 345 g/mol. The summed E-state index contributed by atoms with van der Waals surface area (Å²) in [6, 6.07) is 14.9. The molecule has 0 atom stereocenters. The van der Waals surface area contributed by atoms with Crippen molar-refractivity contribution in [2.24, 2.45) is 0 Å². The van der Waals surface area contributed by atoms with Gasteiger partial charge in [-0.15, -0.1) is 0 Å². The second kappa shape index (κ2) is 6.68. The Morgan fingerprint density at radius 1 is 1.12 bits per heavy atom. The van der Waals surface area contributed by atoms with Crippen LogP contribution < -0.4 is 5.32 Å². The summed E-state index contributed by atoms with van der Waals surface area (Å²) < 4.78 is 10.9. The van der Waals surface area contributed by atoms with Gasteiger partial charge < -0.3 is 14.2 Å². The maximum Gasteiger partial charge on any atom is 0.248 e. The third-order valence-corrected chi connectivity index (χ3v) is 3.80. The molecule has 4 aromatic rings. The molecule has 0 fully saturated rings. The predicted molar refractivity (Wildman–Crippen MR) is 98.3 cm³/mol. The number of oxazole rings is 1. The van der Waals surface area contributed by atoms with Gasteiger partial charge in [-0.25, -0.2) is 9.97 Å². The van der Waals surface area contributed by atoms with Gasteiger partial charge in [-0.3, -0.25) is 4.79 Å². The molecular formula is C20H15N3O3. The van der Waals surface area contributed by atoms with Crippen LogP contribution in [0.4, 0.5) is 5.69 Å². The lowest BCUT2D eigenvalue weighted by Crippen LogP contribution is -2.09. The molecule has 3 heterocycles. The van der Waals surface area contributed by atoms with E-state index in [4.69, 9.17) is 8.83 Å². The molecule has 1 N–H and O–H groups in total. The molecule has 3 aromatic heterocycles. The van der Waals surface area contributed by atoms with E-state index in [0.717, 1.165) is 5.56 Å². The molecule has 6 heteroatoms. The molecule has 1 amide bonds. The molecule has 0 aliphatic carbocycles. The summed E-state index contributed by atoms with van der Waals surface area (Å²) in [5, 5.41) is 2.80. The van der Waals surface area contributed by atoms with Gasteiger partial charge in [-0.1, -0.05) is 18.2 Å². The fourth-order valence-corrected chi connectivity index (χ4v) is 2.50. The van der Waals surface area contributed by atoms with E-state index in [1.165, 1.54) is 6.08 Å². The molecule has 6 nitrogen and oxygen atoms in total. The molecule has 0 spiro atoms. The molecule has 0 aliphatic heterocycles. The van der Waals surface area contributed by atoms with E-state index < -0.39 is 0 Å². The highest BCUT2D eigenvalue weighted by molar-refractivity contribution is 6.02. The summed E-state index contributed by atoms with van der Waals surface area (Å²) in [6.45, 7) is 1.80. The second-order valence-corrected chi connectivity index (χ2v) is 5.67. The highest BCUT2D eigenvalue weighted by atomic mass is 16.4. The number of carbonyl (C=O) groups excluding carboxylic acids is 1. The fourth-order valence-electron chi connectivity index (χ4n) is 2.50. The molecule has 26 heavy (non-hydrogen) atoms. The van der Waals surface area contributed by atoms with Crippen LogP contribution in [0.5, 0.6) is 0 Å². The Morgan fingerprint density at radius 3 is 2.73 bits per heavy atom. The number of rotatable bonds is 4. The van der Waals surface area contributed by atoms with Gasteiger partial charge in [0.2, 0.25) is 17.5 Å². The number of nitrogens with zero attached hydrogens (tertiary/aromatic N) is 2. The SMILES string of the molecule is Cc1nc2oc(-c3ccccc3)nc2cc1NC(=O)/C=C/c1ccco1. The summed E-state index contributed by atoms with van der Waals surface area (Å²) in [5.74, 6) is 0.820. The van der Waals surface area contributed by atoms with Crippen molar-refractivity contribution in [2.75, 3.05) is 5.32 Å². The van der Waals surface area contributed by atoms with Crippen LogP contribution in [0.15, 0.2) is 69.7 Å². The molecule has 0 aliphatic rings. The molecule has 0 unspecified atom stereocenters. The summed E-state index contributed by atoms with van der Waals surface area (Å²) in [6.07, 6.45) is 4.55. The quantitative estimate of drug-likeness (QED) is 0.553. The van der Waals surface area contributed by atoms with E-state index in [1.807, 2.05) is 30.3 Å². The molecule has 0 saturated carbocycles. The van der Waals surface area contributed by atoms with Crippen LogP contribution >= 0.6 is 0 Å². The van der Waals surface area contributed by atoms with Crippen LogP contribution in [0.1, 0.15) is 11.5 Å². The lowest BCUT2D eigenvalue weighted by Gasteiger charge is -2.04. The normalized spacial score (nSPS) is 11.3. The lowest BCUT2D eigenvalue weighted by molar-refractivity contribution is -0.111. The Balaban J connectivity index is 1.59. The number of anilines is 1. The molecule has 128 valence electrons. The molecular weight excluding hydrogens is 330 g/mol. The number of aryl methyl sites for hydroxylation is 1. The third kappa shape index (κ3) is 3.25. The highest BCUT2D eigenvalue weighted by Crippen LogP contribution is 2.26. The van der Waals surface area contributed by atoms with Gasteiger partial charge in [0.05, 0.1) is 17.6 Å². The van der Waals surface area contributed by atoms with E-state index in [0.29, 0.717) is 34.3 Å². The van der Waals surface area contributed by atoms with Crippen LogP contribution in [-0.2, 0) is 4.79 Å². The molecule has 0 bridgehead atoms. The Labute approximate surface area is 149 Å². The van der Waals surface area contributed by atoms with E-state index in [1.54, 1.807) is 37.5 Å². The zero-order valence-corrected chi connectivity index (χ0v) is 14.0. The zero-order valence-electron chi connectivity index (χ0n) is 14.0. The third-order valence-electron chi connectivity index (χ3n) is 3.80. The van der Waals surface area contributed by atoms with Gasteiger partial charge in [0.1, 0.15) is 11.3 Å². The average molecular weight is 345 g/mol. The lowest BCUT2D eigenvalue weighted by atomic mass is 10.2. The molecule has 0 radical (unpaired) electrons. The minimum atomic E-state index is -0.280. The fraction of sp³-hybridized carbons (Fsp3) is 0.0500. The number of carbonyl (C=O) groups is 1. The van der Waals surface area contributed by atoms with Crippen molar-refractivity contribution in [1.29, 1.82) is 0 Å². The van der Waals surface area contributed by atoms with Crippen molar-refractivity contribution in [3.63, 3.8) is 0 Å². The maximum atomic E-state index is 12.1. The highest BCUT2D eigenvalue weighted by Gasteiger charge is 2.12. The Kier molecular flexibility index (Phi) is 4.07. The number of amides is 1. The van der Waals surface area contributed by atoms with Gasteiger partial charge >= 0.3 is 0 Å². The second-order valence-electron chi connectivity index (χ2n) is 5.67. The minimum Gasteiger partial charge on any atom is -0.465 e. The number of hydrogen-bond acceptors (Lipinski definition) is 5. The van der Waals surface area contributed by atoms with E-state index >= 15 is 0 Å². The van der Waals surface area contributed by atoms with Crippen molar-refractivity contribution in [2.45, 2.75) is 6.92 Å². The number of fused-ring (bicyclic) bond motifs is 1. The number of aromatic nitrogens is 2. The number of nitrogens with one attached hydrogen (secondary N) is 1. The minimum absolute atomic E-state index is 0.280. The smallest absolute Gasteiger partial charge is 0.248 e. The number of hydrogen-bond donors (Lipinski definition) is 1. The van der Waals surface area contributed by atoms with Crippen molar-refractivity contribution >= 4 is 28.9 Å². The first-order valence-electron chi connectivity index (χ1n) is 8.05. The van der Waals surface area contributed by atoms with Crippen LogP contribution in [0, 0.1) is 6.92 Å². The summed E-state index contributed by atoms with van der Waals surface area (Å²) in [4.78, 5) is 21.0. The molecule has 0 saturated heterocycles. The number of furan rings is 1. The van der Waals surface area contributed by atoms with Gasteiger partial charge in [-0.2, -0.15) is 0 Å². The summed E-state index contributed by atoms with van der Waals surface area (Å²) >= 11 is 0. The predicted octanol–water partition coefficient (Wildman–Crippen LogP) is 4.44. The molecule has 1 aromatic carbocycles. The molecule has 4 rings (SSSR count). The first-order valence-corrected chi connectivity index (χ1v) is 8.05. The summed E-state index contributed by atoms with van der Waals surface area (Å²) in [5.41, 5.74) is 3.12. The Morgan fingerprint density at radius 2 is 1.96 bits per heavy atom. The van der Waals surface area contributed by atoms with Gasteiger partial charge in [-0.05, 0) is 43.3 Å². The largest absolute Gasteiger partial charge is 0.465 e. The van der Waals surface area contributed by atoms with Crippen LogP contribution in [0.3, 0.4) is 0 Å². The van der Waals surface area contributed by atoms with Gasteiger partial charge in [0.15, 0.2) is 0 Å². The zero-order chi connectivity index (χ0) is 17.9. The van der Waals surface area contributed by atoms with Crippen LogP contribution in [0.25, 0.3) is 28.8 Å². The van der Waals surface area contributed by atoms with E-state index in [-0.39, 0.29) is 5.91 Å². The van der Waals surface area contributed by atoms with Crippen molar-refractivity contribution in [3.8, 4) is 11.5 Å². The van der Waals surface area contributed by atoms with Crippen molar-refractivity contribution < 1.29 is 13.6 Å². The maximum absolute atomic E-state index is 12.1. The van der Waals surface area contributed by atoms with Gasteiger partial charge in [0.25, 0.3) is 0 Å². The summed E-state index contributed by atoms with van der Waals surface area (Å²) in [7, 11) is 0. The Hall–Kier alpha value is -3.67. The first-order chi connectivity index (χ1) is 12.7. The van der Waals surface area contributed by atoms with Crippen molar-refractivity contribution in [3.05, 3.63) is 72.3 Å². The number of pyridine rings is 1. The van der Waals surface area contributed by atoms with Crippen molar-refractivity contribution in [1.82, 2.24) is 9.97 Å².